The Morgan fingerprint density at radius 1 is 1.31 bits per heavy atom. The molecule has 0 N–H and O–H groups in total. The van der Waals surface area contributed by atoms with Crippen LogP contribution in [0.25, 0.3) is 5.65 Å². The van der Waals surface area contributed by atoms with Crippen LogP contribution in [-0.4, -0.2) is 26.0 Å². The van der Waals surface area contributed by atoms with E-state index in [9.17, 15) is 17.6 Å². The molecule has 0 bridgehead atoms. The minimum atomic E-state index is -4.38. The van der Waals surface area contributed by atoms with Crippen molar-refractivity contribution in [3.63, 3.8) is 0 Å². The standard InChI is InChI=1S/C7H3ClF4N4/c8-3-4-14-15-6(7(11,12)5(9)10)16(4)2-1-13-3/h1-2,5H. The molecule has 0 saturated heterocycles. The highest BCUT2D eigenvalue weighted by Crippen LogP contribution is 2.33. The molecule has 0 aliphatic heterocycles. The lowest BCUT2D eigenvalue weighted by Gasteiger charge is -2.12. The molecular weight excluding hydrogens is 252 g/mol. The van der Waals surface area contributed by atoms with Crippen LogP contribution in [0.2, 0.25) is 5.15 Å². The third kappa shape index (κ3) is 1.49. The fourth-order valence-electron chi connectivity index (χ4n) is 1.12. The Balaban J connectivity index is 2.67. The summed E-state index contributed by atoms with van der Waals surface area (Å²) in [5.41, 5.74) is -0.195. The predicted octanol–water partition coefficient (Wildman–Crippen LogP) is 2.13. The molecule has 2 aromatic heterocycles. The maximum Gasteiger partial charge on any atom is 0.366 e. The third-order valence-corrected chi connectivity index (χ3v) is 2.12. The monoisotopic (exact) mass is 254 g/mol. The second-order valence-corrected chi connectivity index (χ2v) is 3.22. The number of hydrogen-bond acceptors (Lipinski definition) is 3. The highest BCUT2D eigenvalue weighted by Gasteiger charge is 2.47. The van der Waals surface area contributed by atoms with Crippen LogP contribution in [0.15, 0.2) is 12.4 Å². The molecule has 2 rings (SSSR count). The first-order valence-electron chi connectivity index (χ1n) is 3.96. The molecule has 0 saturated carbocycles. The summed E-state index contributed by atoms with van der Waals surface area (Å²) in [5, 5.41) is 6.09. The van der Waals surface area contributed by atoms with Gasteiger partial charge < -0.3 is 0 Å². The van der Waals surface area contributed by atoms with Gasteiger partial charge in [0.2, 0.25) is 5.82 Å². The van der Waals surface area contributed by atoms with E-state index in [0.29, 0.717) is 4.40 Å². The third-order valence-electron chi connectivity index (χ3n) is 1.86. The first-order valence-corrected chi connectivity index (χ1v) is 4.34. The van der Waals surface area contributed by atoms with Crippen molar-refractivity contribution in [2.24, 2.45) is 0 Å². The first-order chi connectivity index (χ1) is 7.44. The van der Waals surface area contributed by atoms with Crippen molar-refractivity contribution in [2.45, 2.75) is 12.3 Å². The van der Waals surface area contributed by atoms with Crippen LogP contribution in [-0.2, 0) is 5.92 Å². The zero-order chi connectivity index (χ0) is 11.9. The molecule has 0 aromatic carbocycles. The number of nitrogens with zero attached hydrogens (tertiary/aromatic N) is 4. The molecule has 0 aliphatic carbocycles. The molecule has 0 amide bonds. The van der Waals surface area contributed by atoms with Gasteiger partial charge in [-0.05, 0) is 0 Å². The van der Waals surface area contributed by atoms with E-state index in [1.165, 1.54) is 0 Å². The highest BCUT2D eigenvalue weighted by atomic mass is 35.5. The van der Waals surface area contributed by atoms with Gasteiger partial charge in [-0.15, -0.1) is 10.2 Å². The van der Waals surface area contributed by atoms with Gasteiger partial charge in [-0.2, -0.15) is 8.78 Å². The summed E-state index contributed by atoms with van der Waals surface area (Å²) in [6.07, 6.45) is -1.75. The van der Waals surface area contributed by atoms with E-state index in [4.69, 9.17) is 11.6 Å². The van der Waals surface area contributed by atoms with Crippen molar-refractivity contribution >= 4 is 17.2 Å². The van der Waals surface area contributed by atoms with E-state index in [1.807, 2.05) is 0 Å². The lowest BCUT2D eigenvalue weighted by molar-refractivity contribution is -0.141. The van der Waals surface area contributed by atoms with E-state index in [1.54, 1.807) is 0 Å². The fraction of sp³-hybridized carbons (Fsp3) is 0.286. The lowest BCUT2D eigenvalue weighted by Crippen LogP contribution is -2.26. The Bertz CT molecular complexity index is 526. The van der Waals surface area contributed by atoms with E-state index >= 15 is 0 Å². The first kappa shape index (κ1) is 11.1. The van der Waals surface area contributed by atoms with Crippen LogP contribution in [0.5, 0.6) is 0 Å². The minimum absolute atomic E-state index is 0.189. The zero-order valence-electron chi connectivity index (χ0n) is 7.41. The minimum Gasteiger partial charge on any atom is -0.277 e. The summed E-state index contributed by atoms with van der Waals surface area (Å²) in [6, 6.07) is 0. The molecule has 86 valence electrons. The Kier molecular flexibility index (Phi) is 2.45. The smallest absolute Gasteiger partial charge is 0.277 e. The molecule has 9 heteroatoms. The van der Waals surface area contributed by atoms with Crippen LogP contribution in [0.4, 0.5) is 17.6 Å². The second-order valence-electron chi connectivity index (χ2n) is 2.86. The largest absolute Gasteiger partial charge is 0.366 e. The number of halogens is 5. The average molecular weight is 255 g/mol. The molecule has 0 unspecified atom stereocenters. The zero-order valence-corrected chi connectivity index (χ0v) is 8.17. The molecule has 0 aliphatic rings. The van der Waals surface area contributed by atoms with Gasteiger partial charge in [0.15, 0.2) is 10.8 Å². The number of rotatable bonds is 2. The van der Waals surface area contributed by atoms with Gasteiger partial charge in [-0.3, -0.25) is 4.40 Å². The number of aromatic nitrogens is 4. The Hall–Kier alpha value is -1.44. The van der Waals surface area contributed by atoms with E-state index in [-0.39, 0.29) is 10.8 Å². The second kappa shape index (κ2) is 3.55. The van der Waals surface area contributed by atoms with E-state index < -0.39 is 18.2 Å². The van der Waals surface area contributed by atoms with Gasteiger partial charge in [0.25, 0.3) is 0 Å². The molecule has 0 spiro atoms. The predicted molar refractivity (Wildman–Crippen MR) is 45.7 cm³/mol. The molecule has 4 nitrogen and oxygen atoms in total. The Morgan fingerprint density at radius 2 is 2.00 bits per heavy atom. The topological polar surface area (TPSA) is 43.1 Å². The van der Waals surface area contributed by atoms with Crippen LogP contribution in [0.1, 0.15) is 5.82 Å². The summed E-state index contributed by atoms with van der Waals surface area (Å²) in [7, 11) is 0. The molecule has 0 radical (unpaired) electrons. The summed E-state index contributed by atoms with van der Waals surface area (Å²) in [6.45, 7) is 0. The number of alkyl halides is 4. The molecule has 2 aromatic rings. The van der Waals surface area contributed by atoms with Gasteiger partial charge in [0, 0.05) is 12.4 Å². The van der Waals surface area contributed by atoms with Crippen molar-refractivity contribution in [1.82, 2.24) is 19.6 Å². The Labute approximate surface area is 90.9 Å². The van der Waals surface area contributed by atoms with Crippen LogP contribution in [0, 0.1) is 0 Å². The van der Waals surface area contributed by atoms with Gasteiger partial charge in [0.05, 0.1) is 0 Å². The Morgan fingerprint density at radius 3 is 2.62 bits per heavy atom. The van der Waals surface area contributed by atoms with Crippen LogP contribution >= 0.6 is 11.6 Å². The molecule has 0 fully saturated rings. The molecular formula is C7H3ClF4N4. The molecule has 2 heterocycles. The lowest BCUT2D eigenvalue weighted by atomic mass is 10.3. The SMILES string of the molecule is FC(F)C(F)(F)c1nnc2c(Cl)nccn12. The van der Waals surface area contributed by atoms with Gasteiger partial charge in [-0.1, -0.05) is 11.6 Å². The van der Waals surface area contributed by atoms with Crippen LogP contribution < -0.4 is 0 Å². The van der Waals surface area contributed by atoms with Crippen molar-refractivity contribution in [1.29, 1.82) is 0 Å². The summed E-state index contributed by atoms with van der Waals surface area (Å²) >= 11 is 5.53. The molecule has 0 atom stereocenters. The van der Waals surface area contributed by atoms with Gasteiger partial charge >= 0.3 is 12.3 Å². The highest BCUT2D eigenvalue weighted by molar-refractivity contribution is 6.32. The average Bonchev–Trinajstić information content (AvgIpc) is 2.63. The summed E-state index contributed by atoms with van der Waals surface area (Å²) < 4.78 is 51.0. The van der Waals surface area contributed by atoms with Crippen molar-refractivity contribution in [3.05, 3.63) is 23.4 Å². The maximum atomic E-state index is 13.0. The quantitative estimate of drug-likeness (QED) is 0.771. The normalized spacial score (nSPS) is 12.6. The molecule has 16 heavy (non-hydrogen) atoms. The summed E-state index contributed by atoms with van der Waals surface area (Å²) in [4.78, 5) is 3.56. The summed E-state index contributed by atoms with van der Waals surface area (Å²) in [5.74, 6) is -5.55. The number of hydrogen-bond donors (Lipinski definition) is 0. The number of fused-ring (bicyclic) bond motifs is 1. The fourth-order valence-corrected chi connectivity index (χ4v) is 1.31. The van der Waals surface area contributed by atoms with Gasteiger partial charge in [-0.25, -0.2) is 13.8 Å². The van der Waals surface area contributed by atoms with Crippen molar-refractivity contribution in [3.8, 4) is 0 Å². The maximum absolute atomic E-state index is 13.0. The van der Waals surface area contributed by atoms with Crippen molar-refractivity contribution in [2.75, 3.05) is 0 Å². The van der Waals surface area contributed by atoms with E-state index in [0.717, 1.165) is 12.4 Å². The van der Waals surface area contributed by atoms with Gasteiger partial charge in [0.1, 0.15) is 0 Å². The van der Waals surface area contributed by atoms with E-state index in [2.05, 4.69) is 15.2 Å². The van der Waals surface area contributed by atoms with Crippen molar-refractivity contribution < 1.29 is 17.6 Å². The van der Waals surface area contributed by atoms with Crippen LogP contribution in [0.3, 0.4) is 0 Å².